The first kappa shape index (κ1) is 23.0. The number of aromatic nitrogens is 2. The fraction of sp³-hybridized carbons (Fsp3) is 0.440. The van der Waals surface area contributed by atoms with Crippen LogP contribution in [0.3, 0.4) is 0 Å². The molecule has 0 radical (unpaired) electrons. The van der Waals surface area contributed by atoms with E-state index in [1.54, 1.807) is 7.11 Å². The summed E-state index contributed by atoms with van der Waals surface area (Å²) in [5.74, 6) is 0.471. The van der Waals surface area contributed by atoms with Crippen molar-refractivity contribution in [3.8, 4) is 0 Å². The zero-order chi connectivity index (χ0) is 22.5. The minimum absolute atomic E-state index is 0.0544. The van der Waals surface area contributed by atoms with Gasteiger partial charge in [0, 0.05) is 7.11 Å². The number of nitrogens with zero attached hydrogens (tertiary/aromatic N) is 3. The van der Waals surface area contributed by atoms with Gasteiger partial charge in [0.05, 0.1) is 29.4 Å². The van der Waals surface area contributed by atoms with Gasteiger partial charge in [0.2, 0.25) is 5.91 Å². The van der Waals surface area contributed by atoms with Crippen molar-refractivity contribution >= 4 is 22.6 Å². The summed E-state index contributed by atoms with van der Waals surface area (Å²) < 4.78 is 7.25. The van der Waals surface area contributed by atoms with Crippen LogP contribution >= 0.6 is 0 Å². The van der Waals surface area contributed by atoms with Crippen LogP contribution in [0.2, 0.25) is 0 Å². The summed E-state index contributed by atoms with van der Waals surface area (Å²) in [6.07, 6.45) is 0.627. The second-order valence-corrected chi connectivity index (χ2v) is 7.97. The smallest absolute Gasteiger partial charge is 0.247 e. The van der Waals surface area contributed by atoms with Crippen LogP contribution in [0, 0.1) is 6.92 Å². The molecule has 31 heavy (non-hydrogen) atoms. The Bertz CT molecular complexity index is 1040. The molecule has 2 unspecified atom stereocenters. The van der Waals surface area contributed by atoms with Gasteiger partial charge in [-0.25, -0.2) is 4.98 Å². The standard InChI is InChI=1S/C25H33N3O3/c1-6-19-12-10-11-17(3)24(19)28(18(4)16-31-5)23(30)15-27-21-14-9-8-13-20(21)26-25(27)22(29)7-2/h8-14,18,22,29H,6-7,15-16H2,1-5H3. The van der Waals surface area contributed by atoms with Gasteiger partial charge in [-0.05, 0) is 49.9 Å². The van der Waals surface area contributed by atoms with Crippen LogP contribution in [0.4, 0.5) is 5.69 Å². The predicted molar refractivity (Wildman–Crippen MR) is 124 cm³/mol. The molecule has 0 saturated carbocycles. The highest BCUT2D eigenvalue weighted by Gasteiger charge is 2.27. The van der Waals surface area contributed by atoms with Gasteiger partial charge in [-0.15, -0.1) is 0 Å². The van der Waals surface area contributed by atoms with Gasteiger partial charge in [-0.2, -0.15) is 0 Å². The molecule has 0 fully saturated rings. The highest BCUT2D eigenvalue weighted by atomic mass is 16.5. The molecule has 1 N–H and O–H groups in total. The number of rotatable bonds is 9. The Morgan fingerprint density at radius 3 is 2.61 bits per heavy atom. The van der Waals surface area contributed by atoms with Crippen LogP contribution in [-0.2, 0) is 22.5 Å². The van der Waals surface area contributed by atoms with Gasteiger partial charge in [-0.1, -0.05) is 44.2 Å². The maximum Gasteiger partial charge on any atom is 0.247 e. The number of aliphatic hydroxyl groups excluding tert-OH is 1. The molecular weight excluding hydrogens is 390 g/mol. The molecule has 3 rings (SSSR count). The molecule has 0 aliphatic heterocycles. The molecule has 0 saturated heterocycles. The van der Waals surface area contributed by atoms with Crippen LogP contribution in [-0.4, -0.2) is 40.3 Å². The Hall–Kier alpha value is -2.70. The zero-order valence-corrected chi connectivity index (χ0v) is 19.1. The molecule has 6 heteroatoms. The Balaban J connectivity index is 2.09. The molecule has 0 spiro atoms. The van der Waals surface area contributed by atoms with Gasteiger partial charge < -0.3 is 19.3 Å². The fourth-order valence-corrected chi connectivity index (χ4v) is 4.17. The summed E-state index contributed by atoms with van der Waals surface area (Å²) in [5, 5.41) is 10.6. The van der Waals surface area contributed by atoms with Crippen LogP contribution in [0.5, 0.6) is 0 Å². The van der Waals surface area contributed by atoms with E-state index >= 15 is 0 Å². The topological polar surface area (TPSA) is 67.6 Å². The molecule has 2 atom stereocenters. The summed E-state index contributed by atoms with van der Waals surface area (Å²) in [6.45, 7) is 8.57. The maximum absolute atomic E-state index is 13.8. The number of fused-ring (bicyclic) bond motifs is 1. The van der Waals surface area contributed by atoms with Crippen molar-refractivity contribution in [2.45, 2.75) is 59.2 Å². The number of carbonyl (C=O) groups is 1. The lowest BCUT2D eigenvalue weighted by Gasteiger charge is -2.32. The van der Waals surface area contributed by atoms with E-state index in [0.717, 1.165) is 34.3 Å². The summed E-state index contributed by atoms with van der Waals surface area (Å²) in [5.41, 5.74) is 4.75. The number of para-hydroxylation sites is 3. The number of aryl methyl sites for hydroxylation is 2. The van der Waals surface area contributed by atoms with Gasteiger partial charge >= 0.3 is 0 Å². The summed E-state index contributed by atoms with van der Waals surface area (Å²) >= 11 is 0. The van der Waals surface area contributed by atoms with Crippen LogP contribution in [0.15, 0.2) is 42.5 Å². The largest absolute Gasteiger partial charge is 0.385 e. The van der Waals surface area contributed by atoms with E-state index in [0.29, 0.717) is 18.9 Å². The van der Waals surface area contributed by atoms with E-state index < -0.39 is 6.10 Å². The Morgan fingerprint density at radius 2 is 1.94 bits per heavy atom. The predicted octanol–water partition coefficient (Wildman–Crippen LogP) is 4.42. The van der Waals surface area contributed by atoms with E-state index in [1.807, 2.05) is 66.6 Å². The lowest BCUT2D eigenvalue weighted by Crippen LogP contribution is -2.44. The molecule has 1 amide bonds. The van der Waals surface area contributed by atoms with Crippen LogP contribution < -0.4 is 4.90 Å². The third-order valence-electron chi connectivity index (χ3n) is 5.72. The number of hydrogen-bond donors (Lipinski definition) is 1. The fourth-order valence-electron chi connectivity index (χ4n) is 4.17. The molecule has 0 bridgehead atoms. The number of benzene rings is 2. The Kier molecular flexibility index (Phi) is 7.46. The number of carbonyl (C=O) groups excluding carboxylic acids is 1. The first-order valence-electron chi connectivity index (χ1n) is 11.0. The molecule has 2 aromatic carbocycles. The van der Waals surface area contributed by atoms with E-state index in [-0.39, 0.29) is 18.5 Å². The van der Waals surface area contributed by atoms with Gasteiger partial charge in [0.15, 0.2) is 0 Å². The van der Waals surface area contributed by atoms with E-state index in [1.165, 1.54) is 0 Å². The second kappa shape index (κ2) is 10.1. The molecule has 1 aromatic heterocycles. The molecular formula is C25H33N3O3. The molecule has 0 aliphatic rings. The lowest BCUT2D eigenvalue weighted by atomic mass is 10.0. The minimum Gasteiger partial charge on any atom is -0.385 e. The number of amides is 1. The third-order valence-corrected chi connectivity index (χ3v) is 5.72. The Labute approximate surface area is 184 Å². The van der Waals surface area contributed by atoms with Gasteiger partial charge in [0.25, 0.3) is 0 Å². The van der Waals surface area contributed by atoms with Gasteiger partial charge in [-0.3, -0.25) is 4.79 Å². The number of methoxy groups -OCH3 is 1. The normalized spacial score (nSPS) is 13.4. The second-order valence-electron chi connectivity index (χ2n) is 7.97. The quantitative estimate of drug-likeness (QED) is 0.553. The zero-order valence-electron chi connectivity index (χ0n) is 19.1. The molecule has 6 nitrogen and oxygen atoms in total. The number of anilines is 1. The summed E-state index contributed by atoms with van der Waals surface area (Å²) in [7, 11) is 1.65. The van der Waals surface area contributed by atoms with E-state index in [2.05, 4.69) is 18.0 Å². The monoisotopic (exact) mass is 423 g/mol. The maximum atomic E-state index is 13.8. The van der Waals surface area contributed by atoms with Crippen molar-refractivity contribution < 1.29 is 14.6 Å². The van der Waals surface area contributed by atoms with Crippen molar-refractivity contribution in [1.29, 1.82) is 0 Å². The van der Waals surface area contributed by atoms with Crippen molar-refractivity contribution in [2.75, 3.05) is 18.6 Å². The highest BCUT2D eigenvalue weighted by molar-refractivity contribution is 5.96. The average molecular weight is 424 g/mol. The number of aliphatic hydroxyl groups is 1. The first-order valence-corrected chi connectivity index (χ1v) is 11.0. The van der Waals surface area contributed by atoms with E-state index in [4.69, 9.17) is 4.74 Å². The van der Waals surface area contributed by atoms with Crippen molar-refractivity contribution in [2.24, 2.45) is 0 Å². The Morgan fingerprint density at radius 1 is 1.19 bits per heavy atom. The first-order chi connectivity index (χ1) is 14.9. The molecule has 3 aromatic rings. The van der Waals surface area contributed by atoms with Crippen LogP contribution in [0.1, 0.15) is 50.2 Å². The number of hydrogen-bond acceptors (Lipinski definition) is 4. The summed E-state index contributed by atoms with van der Waals surface area (Å²) in [4.78, 5) is 20.3. The highest BCUT2D eigenvalue weighted by Crippen LogP contribution is 2.29. The van der Waals surface area contributed by atoms with Gasteiger partial charge in [0.1, 0.15) is 18.5 Å². The van der Waals surface area contributed by atoms with E-state index in [9.17, 15) is 9.90 Å². The lowest BCUT2D eigenvalue weighted by molar-refractivity contribution is -0.119. The summed E-state index contributed by atoms with van der Waals surface area (Å²) in [6, 6.07) is 13.7. The van der Waals surface area contributed by atoms with Crippen molar-refractivity contribution in [1.82, 2.24) is 9.55 Å². The number of ether oxygens (including phenoxy) is 1. The number of imidazole rings is 1. The molecule has 1 heterocycles. The average Bonchev–Trinajstić information content (AvgIpc) is 3.13. The SMILES string of the molecule is CCc1cccc(C)c1N(C(=O)Cn1c(C(O)CC)nc2ccccc21)C(C)COC. The molecule has 166 valence electrons. The van der Waals surface area contributed by atoms with Crippen LogP contribution in [0.25, 0.3) is 11.0 Å². The minimum atomic E-state index is -0.727. The third kappa shape index (κ3) is 4.65. The molecule has 0 aliphatic carbocycles. The van der Waals surface area contributed by atoms with Crippen molar-refractivity contribution in [3.63, 3.8) is 0 Å². The van der Waals surface area contributed by atoms with Crippen molar-refractivity contribution in [3.05, 3.63) is 59.4 Å².